The Bertz CT molecular complexity index is 682. The Hall–Kier alpha value is -1.40. The number of hydrogen-bond donors (Lipinski definition) is 1. The number of hydrogen-bond acceptors (Lipinski definition) is 4. The van der Waals surface area contributed by atoms with E-state index < -0.39 is 0 Å². The van der Waals surface area contributed by atoms with E-state index in [4.69, 9.17) is 0 Å². The first-order chi connectivity index (χ1) is 13.0. The van der Waals surface area contributed by atoms with Gasteiger partial charge in [-0.1, -0.05) is 13.3 Å². The van der Waals surface area contributed by atoms with Crippen LogP contribution in [0.2, 0.25) is 0 Å². The molecular formula is C21H31N3O2S. The van der Waals surface area contributed by atoms with E-state index in [2.05, 4.69) is 29.4 Å². The van der Waals surface area contributed by atoms with Crippen LogP contribution in [0.1, 0.15) is 45.1 Å². The van der Waals surface area contributed by atoms with Crippen molar-refractivity contribution in [3.63, 3.8) is 0 Å². The number of thiophene rings is 1. The predicted octanol–water partition coefficient (Wildman–Crippen LogP) is 2.52. The van der Waals surface area contributed by atoms with Crippen molar-refractivity contribution in [2.75, 3.05) is 26.2 Å². The molecule has 3 saturated heterocycles. The van der Waals surface area contributed by atoms with Gasteiger partial charge in [-0.25, -0.2) is 0 Å². The zero-order valence-electron chi connectivity index (χ0n) is 16.4. The van der Waals surface area contributed by atoms with Crippen molar-refractivity contribution < 1.29 is 9.59 Å². The molecule has 0 aliphatic carbocycles. The Morgan fingerprint density at radius 2 is 2.15 bits per heavy atom. The first kappa shape index (κ1) is 18.9. The quantitative estimate of drug-likeness (QED) is 0.842. The fourth-order valence-electron chi connectivity index (χ4n) is 5.38. The number of piperidine rings is 1. The summed E-state index contributed by atoms with van der Waals surface area (Å²) in [6.45, 7) is 7.97. The van der Waals surface area contributed by atoms with Gasteiger partial charge in [0.1, 0.15) is 0 Å². The highest BCUT2D eigenvalue weighted by molar-refractivity contribution is 7.08. The van der Waals surface area contributed by atoms with Crippen LogP contribution in [0.15, 0.2) is 16.8 Å². The molecule has 0 saturated carbocycles. The maximum Gasteiger partial charge on any atom is 0.227 e. The summed E-state index contributed by atoms with van der Waals surface area (Å²) in [6, 6.07) is 2.58. The maximum absolute atomic E-state index is 12.7. The van der Waals surface area contributed by atoms with Crippen molar-refractivity contribution in [1.29, 1.82) is 0 Å². The van der Waals surface area contributed by atoms with Crippen LogP contribution in [0, 0.1) is 11.8 Å². The van der Waals surface area contributed by atoms with Crippen LogP contribution < -0.4 is 5.32 Å². The minimum absolute atomic E-state index is 0.0956. The van der Waals surface area contributed by atoms with Gasteiger partial charge in [0.2, 0.25) is 11.8 Å². The molecule has 3 atom stereocenters. The second kappa shape index (κ2) is 7.55. The van der Waals surface area contributed by atoms with Crippen LogP contribution in [0.3, 0.4) is 0 Å². The molecule has 1 aromatic heterocycles. The van der Waals surface area contributed by atoms with E-state index in [1.54, 1.807) is 11.3 Å². The molecule has 4 heterocycles. The lowest BCUT2D eigenvalue weighted by Crippen LogP contribution is -2.56. The zero-order valence-corrected chi connectivity index (χ0v) is 17.3. The molecule has 0 radical (unpaired) electrons. The van der Waals surface area contributed by atoms with E-state index in [1.807, 2.05) is 16.3 Å². The minimum atomic E-state index is -0.0956. The second-order valence-corrected chi connectivity index (χ2v) is 9.42. The summed E-state index contributed by atoms with van der Waals surface area (Å²) in [6.07, 6.45) is 4.66. The highest BCUT2D eigenvalue weighted by Gasteiger charge is 2.57. The monoisotopic (exact) mass is 389 g/mol. The van der Waals surface area contributed by atoms with Crippen molar-refractivity contribution in [2.24, 2.45) is 11.8 Å². The van der Waals surface area contributed by atoms with Gasteiger partial charge in [-0.05, 0) is 48.6 Å². The second-order valence-electron chi connectivity index (χ2n) is 8.64. The van der Waals surface area contributed by atoms with Crippen LogP contribution in [0.4, 0.5) is 0 Å². The summed E-state index contributed by atoms with van der Waals surface area (Å²) >= 11 is 1.64. The number of likely N-dealkylation sites (tertiary alicyclic amines) is 2. The van der Waals surface area contributed by atoms with Gasteiger partial charge < -0.3 is 10.2 Å². The van der Waals surface area contributed by atoms with Crippen LogP contribution in [0.5, 0.6) is 0 Å². The maximum atomic E-state index is 12.7. The average molecular weight is 390 g/mol. The number of carbonyl (C=O) groups is 2. The molecule has 1 spiro atoms. The topological polar surface area (TPSA) is 52.7 Å². The molecule has 4 rings (SSSR count). The molecule has 148 valence electrons. The fraction of sp³-hybridized carbons (Fsp3) is 0.714. The van der Waals surface area contributed by atoms with Gasteiger partial charge in [0.05, 0.1) is 12.3 Å². The lowest BCUT2D eigenvalue weighted by atomic mass is 9.75. The van der Waals surface area contributed by atoms with Crippen LogP contribution in [-0.2, 0) is 16.0 Å². The number of nitrogens with one attached hydrogen (secondary N) is 1. The first-order valence-electron chi connectivity index (χ1n) is 10.4. The summed E-state index contributed by atoms with van der Waals surface area (Å²) in [7, 11) is 0. The van der Waals surface area contributed by atoms with Gasteiger partial charge in [-0.2, -0.15) is 11.3 Å². The van der Waals surface area contributed by atoms with E-state index in [1.165, 1.54) is 12.8 Å². The fourth-order valence-corrected chi connectivity index (χ4v) is 6.05. The normalized spacial score (nSPS) is 28.4. The van der Waals surface area contributed by atoms with E-state index in [0.29, 0.717) is 18.4 Å². The Morgan fingerprint density at radius 1 is 1.37 bits per heavy atom. The minimum Gasteiger partial charge on any atom is -0.350 e. The van der Waals surface area contributed by atoms with E-state index in [0.717, 1.165) is 44.6 Å². The molecule has 2 amide bonds. The summed E-state index contributed by atoms with van der Waals surface area (Å²) in [5.41, 5.74) is 1.01. The third-order valence-electron chi connectivity index (χ3n) is 7.04. The number of fused-ring (bicyclic) bond motifs is 2. The molecule has 1 N–H and O–H groups in total. The number of carbonyl (C=O) groups excluding carboxylic acids is 2. The zero-order chi connectivity index (χ0) is 19.0. The SMILES string of the molecule is CCCC(C)N1C[C@H]2C(=O)NC3(CCN(C(=O)Cc4ccsc4)CC3)[C@H]2C1. The molecule has 0 aromatic carbocycles. The van der Waals surface area contributed by atoms with E-state index in [-0.39, 0.29) is 23.3 Å². The largest absolute Gasteiger partial charge is 0.350 e. The third-order valence-corrected chi connectivity index (χ3v) is 7.77. The van der Waals surface area contributed by atoms with Gasteiger partial charge in [0, 0.05) is 43.7 Å². The molecule has 5 nitrogen and oxygen atoms in total. The van der Waals surface area contributed by atoms with Crippen LogP contribution in [-0.4, -0.2) is 59.4 Å². The van der Waals surface area contributed by atoms with Crippen molar-refractivity contribution in [2.45, 2.75) is 57.5 Å². The van der Waals surface area contributed by atoms with Gasteiger partial charge in [-0.3, -0.25) is 14.5 Å². The summed E-state index contributed by atoms with van der Waals surface area (Å²) in [4.78, 5) is 29.8. The predicted molar refractivity (Wildman–Crippen MR) is 108 cm³/mol. The smallest absolute Gasteiger partial charge is 0.227 e. The highest BCUT2D eigenvalue weighted by Crippen LogP contribution is 2.44. The summed E-state index contributed by atoms with van der Waals surface area (Å²) < 4.78 is 0. The molecule has 1 unspecified atom stereocenters. The van der Waals surface area contributed by atoms with E-state index in [9.17, 15) is 9.59 Å². The molecule has 27 heavy (non-hydrogen) atoms. The molecule has 6 heteroatoms. The van der Waals surface area contributed by atoms with Crippen LogP contribution in [0.25, 0.3) is 0 Å². The van der Waals surface area contributed by atoms with Gasteiger partial charge in [0.25, 0.3) is 0 Å². The van der Waals surface area contributed by atoms with Crippen molar-refractivity contribution >= 4 is 23.2 Å². The first-order valence-corrected chi connectivity index (χ1v) is 11.3. The molecule has 3 aliphatic rings. The highest BCUT2D eigenvalue weighted by atomic mass is 32.1. The molecule has 3 fully saturated rings. The van der Waals surface area contributed by atoms with Crippen molar-refractivity contribution in [1.82, 2.24) is 15.1 Å². The number of amides is 2. The average Bonchev–Trinajstić information content (AvgIpc) is 3.36. The molecule has 1 aromatic rings. The van der Waals surface area contributed by atoms with E-state index >= 15 is 0 Å². The Balaban J connectivity index is 1.39. The number of rotatable bonds is 5. The molecular weight excluding hydrogens is 358 g/mol. The van der Waals surface area contributed by atoms with Gasteiger partial charge in [0.15, 0.2) is 0 Å². The van der Waals surface area contributed by atoms with Crippen LogP contribution >= 0.6 is 11.3 Å². The molecule has 0 bridgehead atoms. The van der Waals surface area contributed by atoms with Gasteiger partial charge >= 0.3 is 0 Å². The summed E-state index contributed by atoms with van der Waals surface area (Å²) in [5, 5.41) is 7.44. The third kappa shape index (κ3) is 3.54. The lowest BCUT2D eigenvalue weighted by molar-refractivity contribution is -0.132. The Kier molecular flexibility index (Phi) is 5.30. The standard InChI is InChI=1S/C21H31N3O2S/c1-3-4-15(2)24-12-17-18(13-24)21(22-20(17)26)6-8-23(9-7-21)19(25)11-16-5-10-27-14-16/h5,10,14-15,17-18H,3-4,6-9,11-13H2,1-2H3,(H,22,26)/t15?,17-,18+/m1/s1. The van der Waals surface area contributed by atoms with Crippen molar-refractivity contribution in [3.8, 4) is 0 Å². The van der Waals surface area contributed by atoms with Gasteiger partial charge in [-0.15, -0.1) is 0 Å². The van der Waals surface area contributed by atoms with Crippen molar-refractivity contribution in [3.05, 3.63) is 22.4 Å². The Labute approximate surface area is 166 Å². The summed E-state index contributed by atoms with van der Waals surface area (Å²) in [5.74, 6) is 0.994. The Morgan fingerprint density at radius 3 is 2.81 bits per heavy atom. The molecule has 3 aliphatic heterocycles. The number of nitrogens with zero attached hydrogens (tertiary/aromatic N) is 2. The lowest BCUT2D eigenvalue weighted by Gasteiger charge is -2.43.